The van der Waals surface area contributed by atoms with Crippen molar-refractivity contribution in [1.82, 2.24) is 15.2 Å². The van der Waals surface area contributed by atoms with Crippen LogP contribution in [0.3, 0.4) is 0 Å². The Balaban J connectivity index is 1.11. The summed E-state index contributed by atoms with van der Waals surface area (Å²) in [5.74, 6) is 0.918. The van der Waals surface area contributed by atoms with Crippen molar-refractivity contribution in [1.29, 1.82) is 0 Å². The number of ether oxygens (including phenoxy) is 2. The molecule has 2 aliphatic carbocycles. The second-order valence-electron chi connectivity index (χ2n) is 13.0. The largest absolute Gasteiger partial charge is 0.490 e. The number of nitrogens with zero attached hydrogens (tertiary/aromatic N) is 2. The molecule has 2 saturated carbocycles. The standard InChI is InChI=1S/C38H50ClN3O5/c1-3-42(21-9-7-11-30(44)25-43)37(45)41-19-8-6-10-28-23-35(39)29(22-27(28)2)26-46-38(17-18-38)34-24-40-20-16-32(34)33-12-4-5-13-36(33)47-31-14-15-31/h4-5,12-13,16,20,22-24,30-31,43-44H,3,6-11,14-15,17-19,21,25-26H2,1-2H3,(H,41,45). The molecule has 1 unspecified atom stereocenters. The Bertz CT molecular complexity index is 1480. The van der Waals surface area contributed by atoms with Crippen LogP contribution in [0.5, 0.6) is 5.75 Å². The number of aliphatic hydroxyl groups excluding tert-OH is 2. The molecule has 0 bridgehead atoms. The third-order valence-electron chi connectivity index (χ3n) is 9.26. The van der Waals surface area contributed by atoms with Gasteiger partial charge in [-0.15, -0.1) is 0 Å². The van der Waals surface area contributed by atoms with Gasteiger partial charge in [-0.3, -0.25) is 4.98 Å². The highest BCUT2D eigenvalue weighted by Crippen LogP contribution is 2.53. The minimum absolute atomic E-state index is 0.0542. The van der Waals surface area contributed by atoms with E-state index in [2.05, 4.69) is 53.6 Å². The van der Waals surface area contributed by atoms with Crippen LogP contribution in [-0.4, -0.2) is 64.6 Å². The zero-order valence-electron chi connectivity index (χ0n) is 27.8. The maximum atomic E-state index is 12.6. The molecule has 1 aromatic heterocycles. The Morgan fingerprint density at radius 1 is 1.11 bits per heavy atom. The number of aliphatic hydroxyl groups is 2. The van der Waals surface area contributed by atoms with E-state index in [-0.39, 0.29) is 18.2 Å². The average Bonchev–Trinajstić information content (AvgIpc) is 4.03. The second kappa shape index (κ2) is 16.8. The fourth-order valence-electron chi connectivity index (χ4n) is 6.06. The lowest BCUT2D eigenvalue weighted by Gasteiger charge is -2.22. The van der Waals surface area contributed by atoms with Crippen LogP contribution in [-0.2, 0) is 23.4 Å². The number of pyridine rings is 1. The van der Waals surface area contributed by atoms with Gasteiger partial charge in [0, 0.05) is 48.2 Å². The lowest BCUT2D eigenvalue weighted by Crippen LogP contribution is -2.40. The molecule has 3 N–H and O–H groups in total. The zero-order valence-corrected chi connectivity index (χ0v) is 28.6. The molecule has 0 radical (unpaired) electrons. The number of halogens is 1. The Morgan fingerprint density at radius 3 is 2.66 bits per heavy atom. The molecule has 1 atom stereocenters. The predicted octanol–water partition coefficient (Wildman–Crippen LogP) is 7.34. The van der Waals surface area contributed by atoms with Crippen LogP contribution in [0.1, 0.15) is 87.0 Å². The molecule has 2 aliphatic rings. The number of nitrogens with one attached hydrogen (secondary N) is 1. The molecular weight excluding hydrogens is 614 g/mol. The molecule has 5 rings (SSSR count). The summed E-state index contributed by atoms with van der Waals surface area (Å²) >= 11 is 6.81. The third-order valence-corrected chi connectivity index (χ3v) is 9.62. The first kappa shape index (κ1) is 35.1. The number of aryl methyl sites for hydroxylation is 2. The monoisotopic (exact) mass is 663 g/mol. The highest BCUT2D eigenvalue weighted by molar-refractivity contribution is 6.31. The maximum absolute atomic E-state index is 12.6. The highest BCUT2D eigenvalue weighted by Gasteiger charge is 2.47. The van der Waals surface area contributed by atoms with Crippen molar-refractivity contribution in [3.05, 3.63) is 82.1 Å². The molecule has 2 aromatic carbocycles. The number of hydrogen-bond donors (Lipinski definition) is 3. The number of urea groups is 1. The Labute approximate surface area is 284 Å². The molecule has 47 heavy (non-hydrogen) atoms. The molecule has 0 aliphatic heterocycles. The average molecular weight is 664 g/mol. The number of carbonyl (C=O) groups excluding carboxylic acids is 1. The molecule has 2 fully saturated rings. The molecule has 2 amide bonds. The summed E-state index contributed by atoms with van der Waals surface area (Å²) in [5, 5.41) is 22.2. The molecular formula is C38H50ClN3O5. The van der Waals surface area contributed by atoms with Gasteiger partial charge in [-0.25, -0.2) is 4.79 Å². The molecule has 0 spiro atoms. The van der Waals surface area contributed by atoms with Gasteiger partial charge in [-0.05, 0) is 119 Å². The van der Waals surface area contributed by atoms with Crippen LogP contribution in [0, 0.1) is 6.92 Å². The van der Waals surface area contributed by atoms with E-state index in [9.17, 15) is 9.90 Å². The summed E-state index contributed by atoms with van der Waals surface area (Å²) in [6, 6.07) is 14.5. The van der Waals surface area contributed by atoms with Gasteiger partial charge in [0.1, 0.15) is 5.75 Å². The van der Waals surface area contributed by atoms with Gasteiger partial charge in [-0.1, -0.05) is 35.9 Å². The van der Waals surface area contributed by atoms with Crippen LogP contribution >= 0.6 is 11.6 Å². The summed E-state index contributed by atoms with van der Waals surface area (Å²) in [6.07, 6.45) is 12.4. The van der Waals surface area contributed by atoms with Crippen molar-refractivity contribution in [2.75, 3.05) is 26.2 Å². The highest BCUT2D eigenvalue weighted by atomic mass is 35.5. The Hall–Kier alpha value is -3.17. The summed E-state index contributed by atoms with van der Waals surface area (Å²) in [5.41, 5.74) is 6.31. The quantitative estimate of drug-likeness (QED) is 0.116. The van der Waals surface area contributed by atoms with E-state index in [0.717, 1.165) is 90.8 Å². The van der Waals surface area contributed by atoms with Gasteiger partial charge in [0.2, 0.25) is 0 Å². The van der Waals surface area contributed by atoms with Crippen molar-refractivity contribution >= 4 is 17.6 Å². The first-order valence-electron chi connectivity index (χ1n) is 17.3. The van der Waals surface area contributed by atoms with Gasteiger partial charge >= 0.3 is 6.03 Å². The minimum atomic E-state index is -0.677. The van der Waals surface area contributed by atoms with E-state index in [1.807, 2.05) is 25.4 Å². The number of rotatable bonds is 19. The van der Waals surface area contributed by atoms with E-state index >= 15 is 0 Å². The lowest BCUT2D eigenvalue weighted by atomic mass is 9.96. The Kier molecular flexibility index (Phi) is 12.5. The number of benzene rings is 2. The summed E-state index contributed by atoms with van der Waals surface area (Å²) < 4.78 is 12.9. The Morgan fingerprint density at radius 2 is 1.91 bits per heavy atom. The van der Waals surface area contributed by atoms with Gasteiger partial charge < -0.3 is 29.9 Å². The van der Waals surface area contributed by atoms with E-state index in [0.29, 0.717) is 38.8 Å². The topological polar surface area (TPSA) is 104 Å². The molecule has 1 heterocycles. The van der Waals surface area contributed by atoms with Crippen molar-refractivity contribution in [2.24, 2.45) is 0 Å². The number of hydrogen-bond acceptors (Lipinski definition) is 6. The SMILES string of the molecule is CCN(CCCCC(O)CO)C(=O)NCCCCc1cc(Cl)c(COC2(c3cnccc3-c3ccccc3OC3CC3)CC2)cc1C. The summed E-state index contributed by atoms with van der Waals surface area (Å²) in [6.45, 7) is 6.19. The van der Waals surface area contributed by atoms with Crippen LogP contribution in [0.25, 0.3) is 11.1 Å². The van der Waals surface area contributed by atoms with Crippen LogP contribution in [0.2, 0.25) is 5.02 Å². The minimum Gasteiger partial charge on any atom is -0.490 e. The van der Waals surface area contributed by atoms with Crippen LogP contribution in [0.15, 0.2) is 54.9 Å². The molecule has 8 nitrogen and oxygen atoms in total. The zero-order chi connectivity index (χ0) is 33.2. The third kappa shape index (κ3) is 9.69. The number of aromatic nitrogens is 1. The van der Waals surface area contributed by atoms with Crippen LogP contribution in [0.4, 0.5) is 4.79 Å². The second-order valence-corrected chi connectivity index (χ2v) is 13.4. The van der Waals surface area contributed by atoms with E-state index in [1.54, 1.807) is 4.90 Å². The number of para-hydroxylation sites is 1. The summed E-state index contributed by atoms with van der Waals surface area (Å²) in [4.78, 5) is 18.9. The smallest absolute Gasteiger partial charge is 0.317 e. The van der Waals surface area contributed by atoms with E-state index in [1.165, 1.54) is 11.1 Å². The van der Waals surface area contributed by atoms with Crippen LogP contribution < -0.4 is 10.1 Å². The van der Waals surface area contributed by atoms with Gasteiger partial charge in [0.25, 0.3) is 0 Å². The number of amides is 2. The molecule has 3 aromatic rings. The molecule has 254 valence electrons. The lowest BCUT2D eigenvalue weighted by molar-refractivity contribution is 0.0173. The summed E-state index contributed by atoms with van der Waals surface area (Å²) in [7, 11) is 0. The van der Waals surface area contributed by atoms with Crippen molar-refractivity contribution < 1.29 is 24.5 Å². The first-order chi connectivity index (χ1) is 22.8. The predicted molar refractivity (Wildman–Crippen MR) is 186 cm³/mol. The van der Waals surface area contributed by atoms with Gasteiger partial charge in [-0.2, -0.15) is 0 Å². The number of carbonyl (C=O) groups is 1. The fourth-order valence-corrected chi connectivity index (χ4v) is 6.30. The fraction of sp³-hybridized carbons (Fsp3) is 0.526. The number of unbranched alkanes of at least 4 members (excludes halogenated alkanes) is 2. The maximum Gasteiger partial charge on any atom is 0.317 e. The first-order valence-corrected chi connectivity index (χ1v) is 17.7. The van der Waals surface area contributed by atoms with Gasteiger partial charge in [0.05, 0.1) is 31.0 Å². The molecule has 9 heteroatoms. The van der Waals surface area contributed by atoms with Crippen molar-refractivity contribution in [3.8, 4) is 16.9 Å². The van der Waals surface area contributed by atoms with Crippen molar-refractivity contribution in [3.63, 3.8) is 0 Å². The normalized spacial score (nSPS) is 15.7. The van der Waals surface area contributed by atoms with Crippen molar-refractivity contribution in [2.45, 2.75) is 102 Å². The van der Waals surface area contributed by atoms with E-state index in [4.69, 9.17) is 26.2 Å². The van der Waals surface area contributed by atoms with E-state index < -0.39 is 6.10 Å². The molecule has 0 saturated heterocycles. The van der Waals surface area contributed by atoms with Gasteiger partial charge in [0.15, 0.2) is 0 Å².